The molecule has 2 aliphatic rings. The van der Waals surface area contributed by atoms with Crippen LogP contribution in [-0.4, -0.2) is 10.9 Å². The van der Waals surface area contributed by atoms with Crippen LogP contribution in [0.25, 0.3) is 10.2 Å². The summed E-state index contributed by atoms with van der Waals surface area (Å²) in [5, 5.41) is 0.930. The number of aryl methyl sites for hydroxylation is 4. The summed E-state index contributed by atoms with van der Waals surface area (Å²) in [4.78, 5) is 22.5. The number of carbonyl (C=O) groups is 1. The molecule has 166 valence electrons. The first-order valence-corrected chi connectivity index (χ1v) is 12.7. The second kappa shape index (κ2) is 8.31. The van der Waals surface area contributed by atoms with Crippen LogP contribution in [0.15, 0.2) is 54.6 Å². The molecule has 0 saturated carbocycles. The molecule has 0 spiro atoms. The molecule has 1 aliphatic carbocycles. The molecule has 4 aromatic rings. The Hall–Kier alpha value is -3.18. The average molecular weight is 454 g/mol. The van der Waals surface area contributed by atoms with Gasteiger partial charge in [-0.3, -0.25) is 9.69 Å². The van der Waals surface area contributed by atoms with Crippen molar-refractivity contribution in [3.8, 4) is 0 Å². The normalized spacial score (nSPS) is 15.7. The molecule has 0 unspecified atom stereocenters. The molecular weight excluding hydrogens is 426 g/mol. The fourth-order valence-corrected chi connectivity index (χ4v) is 6.30. The van der Waals surface area contributed by atoms with Crippen LogP contribution in [0.5, 0.6) is 0 Å². The Morgan fingerprint density at radius 2 is 1.45 bits per heavy atom. The summed E-state index contributed by atoms with van der Waals surface area (Å²) in [6.07, 6.45) is 8.79. The second-order valence-electron chi connectivity index (χ2n) is 9.10. The number of nitrogens with two attached hydrogens (primary N) is 1. The van der Waals surface area contributed by atoms with Gasteiger partial charge < -0.3 is 5.73 Å². The van der Waals surface area contributed by atoms with Crippen LogP contribution < -0.4 is 10.6 Å². The number of aromatic nitrogens is 1. The fourth-order valence-electron chi connectivity index (χ4n) is 5.27. The van der Waals surface area contributed by atoms with Crippen molar-refractivity contribution >= 4 is 44.5 Å². The van der Waals surface area contributed by atoms with Crippen LogP contribution in [0, 0.1) is 0 Å². The molecule has 33 heavy (non-hydrogen) atoms. The number of para-hydroxylation sites is 2. The number of rotatable bonds is 1. The smallest absolute Gasteiger partial charge is 0.275 e. The molecule has 0 atom stereocenters. The van der Waals surface area contributed by atoms with E-state index < -0.39 is 0 Å². The minimum absolute atomic E-state index is 0.0651. The van der Waals surface area contributed by atoms with E-state index in [4.69, 9.17) is 10.7 Å². The maximum atomic E-state index is 14.1. The largest absolute Gasteiger partial charge is 0.397 e. The zero-order chi connectivity index (χ0) is 22.4. The highest BCUT2D eigenvalue weighted by atomic mass is 32.1. The minimum Gasteiger partial charge on any atom is -0.397 e. The van der Waals surface area contributed by atoms with Crippen molar-refractivity contribution in [3.63, 3.8) is 0 Å². The topological polar surface area (TPSA) is 59.2 Å². The Balaban J connectivity index is 1.50. The highest BCUT2D eigenvalue weighted by molar-refractivity contribution is 7.21. The number of nitrogen functional groups attached to an aromatic ring is 1. The summed E-state index contributed by atoms with van der Waals surface area (Å²) in [6.45, 7) is 0. The molecule has 2 aromatic carbocycles. The molecule has 5 heteroatoms. The lowest BCUT2D eigenvalue weighted by molar-refractivity contribution is 0.100. The summed E-state index contributed by atoms with van der Waals surface area (Å²) >= 11 is 1.44. The standard InChI is InChI=1S/C28H27N3OS/c29-25-21-17-20-11-3-1-2-4-12-22(20)30-27(21)33-26(25)28(32)31-23-13-7-5-9-18(23)15-16-19-10-6-8-14-24(19)31/h5-10,13-14,17H,1-4,11-12,15-16,29H2. The van der Waals surface area contributed by atoms with Crippen molar-refractivity contribution < 1.29 is 4.79 Å². The molecular formula is C28H27N3OS. The van der Waals surface area contributed by atoms with Gasteiger partial charge in [-0.05, 0) is 73.4 Å². The van der Waals surface area contributed by atoms with Crippen LogP contribution in [0.3, 0.4) is 0 Å². The quantitative estimate of drug-likeness (QED) is 0.352. The van der Waals surface area contributed by atoms with E-state index in [9.17, 15) is 4.79 Å². The number of thiophene rings is 1. The summed E-state index contributed by atoms with van der Waals surface area (Å²) in [6, 6.07) is 18.6. The Kier molecular flexibility index (Phi) is 5.14. The lowest BCUT2D eigenvalue weighted by Crippen LogP contribution is -2.26. The number of benzene rings is 2. The van der Waals surface area contributed by atoms with Crippen LogP contribution in [0.2, 0.25) is 0 Å². The molecule has 0 saturated heterocycles. The van der Waals surface area contributed by atoms with Gasteiger partial charge in [0.15, 0.2) is 0 Å². The van der Waals surface area contributed by atoms with Gasteiger partial charge in [-0.15, -0.1) is 11.3 Å². The highest BCUT2D eigenvalue weighted by Crippen LogP contribution is 2.41. The van der Waals surface area contributed by atoms with E-state index in [2.05, 4.69) is 18.2 Å². The first kappa shape index (κ1) is 20.4. The molecule has 0 fully saturated rings. The number of carbonyl (C=O) groups excluding carboxylic acids is 1. The van der Waals surface area contributed by atoms with E-state index >= 15 is 0 Å². The first-order valence-electron chi connectivity index (χ1n) is 11.9. The molecule has 0 radical (unpaired) electrons. The highest BCUT2D eigenvalue weighted by Gasteiger charge is 2.30. The molecule has 1 aliphatic heterocycles. The molecule has 6 rings (SSSR count). The number of hydrogen-bond donors (Lipinski definition) is 1. The first-order chi connectivity index (χ1) is 16.2. The Bertz CT molecular complexity index is 1330. The van der Waals surface area contributed by atoms with Gasteiger partial charge in [0, 0.05) is 11.1 Å². The Morgan fingerprint density at radius 3 is 2.15 bits per heavy atom. The summed E-state index contributed by atoms with van der Waals surface area (Å²) in [5.74, 6) is -0.0651. The van der Waals surface area contributed by atoms with Crippen molar-refractivity contribution in [1.82, 2.24) is 4.98 Å². The minimum atomic E-state index is -0.0651. The van der Waals surface area contributed by atoms with Gasteiger partial charge in [0.2, 0.25) is 0 Å². The van der Waals surface area contributed by atoms with Gasteiger partial charge in [-0.1, -0.05) is 49.2 Å². The van der Waals surface area contributed by atoms with Gasteiger partial charge >= 0.3 is 0 Å². The van der Waals surface area contributed by atoms with Crippen molar-refractivity contribution in [2.24, 2.45) is 0 Å². The van der Waals surface area contributed by atoms with E-state index in [0.717, 1.165) is 47.3 Å². The van der Waals surface area contributed by atoms with E-state index in [0.29, 0.717) is 10.6 Å². The SMILES string of the molecule is Nc1c(C(=O)N2c3ccccc3CCc3ccccc32)sc2nc3c(cc12)CCCCCC3. The number of nitrogens with zero attached hydrogens (tertiary/aromatic N) is 2. The van der Waals surface area contributed by atoms with Crippen LogP contribution in [-0.2, 0) is 25.7 Å². The van der Waals surface area contributed by atoms with Crippen LogP contribution in [0.4, 0.5) is 17.1 Å². The van der Waals surface area contributed by atoms with Crippen molar-refractivity contribution in [3.05, 3.63) is 81.9 Å². The van der Waals surface area contributed by atoms with E-state index in [1.165, 1.54) is 59.4 Å². The number of amides is 1. The predicted molar refractivity (Wildman–Crippen MR) is 137 cm³/mol. The lowest BCUT2D eigenvalue weighted by atomic mass is 9.96. The number of pyridine rings is 1. The summed E-state index contributed by atoms with van der Waals surface area (Å²) in [7, 11) is 0. The molecule has 0 bridgehead atoms. The third-order valence-corrected chi connectivity index (χ3v) is 8.13. The maximum absolute atomic E-state index is 14.1. The zero-order valence-electron chi connectivity index (χ0n) is 18.6. The summed E-state index contributed by atoms with van der Waals surface area (Å²) < 4.78 is 0. The Labute approximate surface area is 198 Å². The number of anilines is 3. The molecule has 4 nitrogen and oxygen atoms in total. The lowest BCUT2D eigenvalue weighted by Gasteiger charge is -2.24. The van der Waals surface area contributed by atoms with E-state index in [-0.39, 0.29) is 5.91 Å². The molecule has 3 heterocycles. The van der Waals surface area contributed by atoms with Gasteiger partial charge in [0.25, 0.3) is 5.91 Å². The van der Waals surface area contributed by atoms with Crippen molar-refractivity contribution in [1.29, 1.82) is 0 Å². The Morgan fingerprint density at radius 1 is 0.818 bits per heavy atom. The second-order valence-corrected chi connectivity index (χ2v) is 10.1. The average Bonchev–Trinajstić information content (AvgIpc) is 3.04. The van der Waals surface area contributed by atoms with Gasteiger partial charge in [-0.25, -0.2) is 4.98 Å². The number of fused-ring (bicyclic) bond motifs is 4. The third-order valence-electron chi connectivity index (χ3n) is 7.03. The maximum Gasteiger partial charge on any atom is 0.275 e. The van der Waals surface area contributed by atoms with Crippen molar-refractivity contribution in [2.45, 2.75) is 51.4 Å². The van der Waals surface area contributed by atoms with Gasteiger partial charge in [0.1, 0.15) is 9.71 Å². The fraction of sp³-hybridized carbons (Fsp3) is 0.286. The van der Waals surface area contributed by atoms with Crippen LogP contribution >= 0.6 is 11.3 Å². The monoisotopic (exact) mass is 453 g/mol. The zero-order valence-corrected chi connectivity index (χ0v) is 19.5. The van der Waals surface area contributed by atoms with E-state index in [1.54, 1.807) is 0 Å². The van der Waals surface area contributed by atoms with Crippen LogP contribution in [0.1, 0.15) is 57.7 Å². The predicted octanol–water partition coefficient (Wildman–Crippen LogP) is 6.61. The van der Waals surface area contributed by atoms with Gasteiger partial charge in [-0.2, -0.15) is 0 Å². The third kappa shape index (κ3) is 3.51. The molecule has 1 amide bonds. The van der Waals surface area contributed by atoms with Gasteiger partial charge in [0.05, 0.1) is 17.1 Å². The van der Waals surface area contributed by atoms with Crippen molar-refractivity contribution in [2.75, 3.05) is 10.6 Å². The molecule has 2 N–H and O–H groups in total. The number of hydrogen-bond acceptors (Lipinski definition) is 4. The molecule has 2 aromatic heterocycles. The van der Waals surface area contributed by atoms with E-state index in [1.807, 2.05) is 41.3 Å². The summed E-state index contributed by atoms with van der Waals surface area (Å²) in [5.41, 5.74) is 14.0.